The van der Waals surface area contributed by atoms with Gasteiger partial charge in [0.15, 0.2) is 0 Å². The molecule has 4 N–H and O–H groups in total. The van der Waals surface area contributed by atoms with Gasteiger partial charge in [-0.2, -0.15) is 10.2 Å². The number of hydrogen-bond donors (Lipinski definition) is 3. The Kier molecular flexibility index (Phi) is 8.73. The normalized spacial score (nSPS) is 11.6. The first-order chi connectivity index (χ1) is 13.5. The number of benzene rings is 2. The van der Waals surface area contributed by atoms with Crippen LogP contribution >= 0.6 is 0 Å². The van der Waals surface area contributed by atoms with Crippen LogP contribution in [0.1, 0.15) is 19.3 Å². The highest BCUT2D eigenvalue weighted by Gasteiger charge is 2.13. The fourth-order valence-corrected chi connectivity index (χ4v) is 3.33. The molecular formula is C19H25N5O3S. The van der Waals surface area contributed by atoms with Crippen LogP contribution in [-0.4, -0.2) is 34.0 Å². The average Bonchev–Trinajstić information content (AvgIpc) is 2.71. The van der Waals surface area contributed by atoms with Gasteiger partial charge in [-0.05, 0) is 55.8 Å². The summed E-state index contributed by atoms with van der Waals surface area (Å²) in [6.07, 6.45) is 1.52. The third-order valence-corrected chi connectivity index (χ3v) is 5.24. The highest BCUT2D eigenvalue weighted by molar-refractivity contribution is 7.89. The van der Waals surface area contributed by atoms with Crippen molar-refractivity contribution in [3.05, 3.63) is 54.6 Å². The van der Waals surface area contributed by atoms with Gasteiger partial charge in [-0.1, -0.05) is 18.2 Å². The van der Waals surface area contributed by atoms with Gasteiger partial charge in [-0.15, -0.1) is 0 Å². The second-order valence-electron chi connectivity index (χ2n) is 6.02. The minimum absolute atomic E-state index is 0.0754. The first-order valence-electron chi connectivity index (χ1n) is 9.04. The molecule has 0 spiro atoms. The zero-order chi connectivity index (χ0) is 20.2. The van der Waals surface area contributed by atoms with Crippen LogP contribution in [0.2, 0.25) is 0 Å². The van der Waals surface area contributed by atoms with Crippen molar-refractivity contribution < 1.29 is 13.2 Å². The summed E-state index contributed by atoms with van der Waals surface area (Å²) in [5.74, 6) is -0.0754. The molecule has 0 unspecified atom stereocenters. The monoisotopic (exact) mass is 403 g/mol. The van der Waals surface area contributed by atoms with E-state index in [1.54, 1.807) is 12.1 Å². The van der Waals surface area contributed by atoms with Crippen LogP contribution in [0.4, 0.5) is 11.4 Å². The molecule has 2 rings (SSSR count). The lowest BCUT2D eigenvalue weighted by molar-refractivity contribution is -0.121. The number of amides is 1. The minimum atomic E-state index is -3.61. The van der Waals surface area contributed by atoms with Crippen molar-refractivity contribution in [2.45, 2.75) is 24.2 Å². The largest absolute Gasteiger partial charge is 0.356 e. The van der Waals surface area contributed by atoms with Gasteiger partial charge in [0.25, 0.3) is 0 Å². The van der Waals surface area contributed by atoms with Gasteiger partial charge in [0.2, 0.25) is 15.9 Å². The third-order valence-electron chi connectivity index (χ3n) is 3.76. The van der Waals surface area contributed by atoms with Crippen LogP contribution < -0.4 is 15.8 Å². The fraction of sp³-hybridized carbons (Fsp3) is 0.316. The Balaban J connectivity index is 1.80. The zero-order valence-electron chi connectivity index (χ0n) is 15.5. The van der Waals surface area contributed by atoms with E-state index in [9.17, 15) is 13.2 Å². The maximum Gasteiger partial charge on any atom is 0.240 e. The van der Waals surface area contributed by atoms with E-state index in [1.807, 2.05) is 30.3 Å². The van der Waals surface area contributed by atoms with E-state index >= 15 is 0 Å². The molecule has 0 atom stereocenters. The molecule has 2 aromatic rings. The summed E-state index contributed by atoms with van der Waals surface area (Å²) in [6, 6.07) is 15.4. The number of carbonyl (C=O) groups excluding carboxylic acids is 1. The number of azo groups is 1. The summed E-state index contributed by atoms with van der Waals surface area (Å²) in [6.45, 7) is 1.11. The topological polar surface area (TPSA) is 126 Å². The molecule has 0 heterocycles. The number of nitrogens with two attached hydrogens (primary N) is 1. The van der Waals surface area contributed by atoms with Crippen LogP contribution in [0.3, 0.4) is 0 Å². The summed E-state index contributed by atoms with van der Waals surface area (Å²) in [5, 5.41) is 10.9. The quantitative estimate of drug-likeness (QED) is 0.394. The molecule has 2 aromatic carbocycles. The zero-order valence-corrected chi connectivity index (χ0v) is 16.4. The highest BCUT2D eigenvalue weighted by Crippen LogP contribution is 2.19. The number of nitrogens with one attached hydrogen (secondary N) is 2. The number of hydrogen-bond acceptors (Lipinski definition) is 6. The molecule has 0 aliphatic rings. The Morgan fingerprint density at radius 2 is 1.54 bits per heavy atom. The minimum Gasteiger partial charge on any atom is -0.356 e. The standard InChI is InChI=1S/C19H25N5O3S/c20-13-4-8-19(25)21-14-5-15-22-28(26,27)18-11-9-17(10-12-18)24-23-16-6-2-1-3-7-16/h1-3,6-7,9-12,22H,4-5,8,13-15,20H2,(H,21,25). The lowest BCUT2D eigenvalue weighted by Gasteiger charge is -2.08. The van der Waals surface area contributed by atoms with Crippen molar-refractivity contribution in [1.82, 2.24) is 10.0 Å². The van der Waals surface area contributed by atoms with E-state index in [0.29, 0.717) is 38.0 Å². The first kappa shape index (κ1) is 21.7. The Labute approximate surface area is 165 Å². The average molecular weight is 404 g/mol. The van der Waals surface area contributed by atoms with Gasteiger partial charge in [0.1, 0.15) is 0 Å². The second-order valence-corrected chi connectivity index (χ2v) is 7.79. The summed E-state index contributed by atoms with van der Waals surface area (Å²) < 4.78 is 27.1. The summed E-state index contributed by atoms with van der Waals surface area (Å²) in [4.78, 5) is 11.6. The van der Waals surface area contributed by atoms with Gasteiger partial charge in [0.05, 0.1) is 16.3 Å². The van der Waals surface area contributed by atoms with E-state index in [2.05, 4.69) is 20.3 Å². The Bertz CT molecular complexity index is 868. The molecule has 0 aliphatic carbocycles. The first-order valence-corrected chi connectivity index (χ1v) is 10.5. The van der Waals surface area contributed by atoms with Crippen LogP contribution in [0.25, 0.3) is 0 Å². The van der Waals surface area contributed by atoms with Gasteiger partial charge in [-0.3, -0.25) is 4.79 Å². The molecule has 0 saturated carbocycles. The molecule has 0 bridgehead atoms. The molecule has 28 heavy (non-hydrogen) atoms. The number of carbonyl (C=O) groups is 1. The fourth-order valence-electron chi connectivity index (χ4n) is 2.26. The summed E-state index contributed by atoms with van der Waals surface area (Å²) >= 11 is 0. The summed E-state index contributed by atoms with van der Waals surface area (Å²) in [5.41, 5.74) is 6.62. The van der Waals surface area contributed by atoms with E-state index < -0.39 is 10.0 Å². The lowest BCUT2D eigenvalue weighted by Crippen LogP contribution is -2.30. The van der Waals surface area contributed by atoms with E-state index in [4.69, 9.17) is 5.73 Å². The number of nitrogens with zero attached hydrogens (tertiary/aromatic N) is 2. The van der Waals surface area contributed by atoms with Crippen LogP contribution in [0.5, 0.6) is 0 Å². The molecular weight excluding hydrogens is 378 g/mol. The second kappa shape index (κ2) is 11.3. The van der Waals surface area contributed by atoms with Crippen LogP contribution in [0.15, 0.2) is 69.7 Å². The smallest absolute Gasteiger partial charge is 0.240 e. The maximum absolute atomic E-state index is 12.3. The molecule has 1 amide bonds. The van der Waals surface area contributed by atoms with Crippen LogP contribution in [0, 0.1) is 0 Å². The SMILES string of the molecule is NCCCC(=O)NCCCNS(=O)(=O)c1ccc(N=Nc2ccccc2)cc1. The van der Waals surface area contributed by atoms with Crippen molar-refractivity contribution in [2.24, 2.45) is 16.0 Å². The third kappa shape index (κ3) is 7.55. The van der Waals surface area contributed by atoms with Crippen LogP contribution in [-0.2, 0) is 14.8 Å². The molecule has 0 saturated heterocycles. The summed E-state index contributed by atoms with van der Waals surface area (Å²) in [7, 11) is -3.61. The molecule has 9 heteroatoms. The molecule has 0 aliphatic heterocycles. The molecule has 0 fully saturated rings. The maximum atomic E-state index is 12.3. The van der Waals surface area contributed by atoms with E-state index in [0.717, 1.165) is 5.69 Å². The highest BCUT2D eigenvalue weighted by atomic mass is 32.2. The predicted octanol–water partition coefficient (Wildman–Crippen LogP) is 2.63. The van der Waals surface area contributed by atoms with Gasteiger partial charge < -0.3 is 11.1 Å². The Morgan fingerprint density at radius 3 is 2.18 bits per heavy atom. The lowest BCUT2D eigenvalue weighted by atomic mass is 10.3. The van der Waals surface area contributed by atoms with Crippen molar-refractivity contribution in [3.8, 4) is 0 Å². The molecule has 0 radical (unpaired) electrons. The molecule has 0 aromatic heterocycles. The number of sulfonamides is 1. The molecule has 8 nitrogen and oxygen atoms in total. The van der Waals surface area contributed by atoms with Gasteiger partial charge in [-0.25, -0.2) is 13.1 Å². The Hall–Kier alpha value is -2.62. The van der Waals surface area contributed by atoms with E-state index in [-0.39, 0.29) is 17.3 Å². The number of rotatable bonds is 11. The van der Waals surface area contributed by atoms with Gasteiger partial charge in [0, 0.05) is 19.5 Å². The molecule has 150 valence electrons. The van der Waals surface area contributed by atoms with Crippen molar-refractivity contribution in [1.29, 1.82) is 0 Å². The van der Waals surface area contributed by atoms with E-state index in [1.165, 1.54) is 12.1 Å². The van der Waals surface area contributed by atoms with Crippen molar-refractivity contribution >= 4 is 27.3 Å². The van der Waals surface area contributed by atoms with Crippen molar-refractivity contribution in [3.63, 3.8) is 0 Å². The Morgan fingerprint density at radius 1 is 0.893 bits per heavy atom. The van der Waals surface area contributed by atoms with Gasteiger partial charge >= 0.3 is 0 Å². The van der Waals surface area contributed by atoms with Crippen molar-refractivity contribution in [2.75, 3.05) is 19.6 Å². The predicted molar refractivity (Wildman–Crippen MR) is 108 cm³/mol.